The third-order valence-electron chi connectivity index (χ3n) is 5.46. The van der Waals surface area contributed by atoms with Crippen molar-refractivity contribution < 1.29 is 19.0 Å². The second-order valence-corrected chi connectivity index (χ2v) is 8.29. The molecule has 31 heavy (non-hydrogen) atoms. The molecule has 2 aromatic carbocycles. The average molecular weight is 463 g/mol. The summed E-state index contributed by atoms with van der Waals surface area (Å²) in [5.41, 5.74) is 2.32. The lowest BCUT2D eigenvalue weighted by Crippen LogP contribution is -2.34. The largest absolute Gasteiger partial charge is 0.481 e. The van der Waals surface area contributed by atoms with Crippen LogP contribution in [-0.4, -0.2) is 41.9 Å². The maximum absolute atomic E-state index is 13.5. The van der Waals surface area contributed by atoms with Crippen LogP contribution in [0.25, 0.3) is 22.0 Å². The van der Waals surface area contributed by atoms with E-state index in [9.17, 15) is 9.18 Å². The van der Waals surface area contributed by atoms with Crippen molar-refractivity contribution in [3.8, 4) is 11.1 Å². The Morgan fingerprint density at radius 2 is 2.00 bits per heavy atom. The van der Waals surface area contributed by atoms with Crippen LogP contribution in [0.4, 0.5) is 10.2 Å². The molecule has 1 aliphatic heterocycles. The summed E-state index contributed by atoms with van der Waals surface area (Å²) >= 11 is 12.8. The maximum Gasteiger partial charge on any atom is 0.305 e. The van der Waals surface area contributed by atoms with E-state index >= 15 is 0 Å². The summed E-state index contributed by atoms with van der Waals surface area (Å²) < 4.78 is 19.1. The van der Waals surface area contributed by atoms with E-state index in [0.717, 1.165) is 41.7 Å². The molecule has 0 spiro atoms. The van der Waals surface area contributed by atoms with Crippen molar-refractivity contribution in [1.82, 2.24) is 4.98 Å². The Kier molecular flexibility index (Phi) is 6.60. The molecule has 1 saturated heterocycles. The van der Waals surface area contributed by atoms with E-state index < -0.39 is 5.97 Å². The zero-order chi connectivity index (χ0) is 22.0. The van der Waals surface area contributed by atoms with Crippen LogP contribution in [0.15, 0.2) is 42.5 Å². The molecule has 0 radical (unpaired) electrons. The van der Waals surface area contributed by atoms with Gasteiger partial charge in [-0.25, -0.2) is 9.37 Å². The SMILES string of the molecule is O=C(O)CCOC[C@@H]1CCCN1c1cc(-c2ccc(F)cc2)c2ccc(Cl)c(Cl)c2n1. The predicted molar refractivity (Wildman–Crippen MR) is 121 cm³/mol. The van der Waals surface area contributed by atoms with E-state index in [2.05, 4.69) is 4.90 Å². The molecule has 162 valence electrons. The molecule has 1 fully saturated rings. The topological polar surface area (TPSA) is 62.7 Å². The first-order valence-electron chi connectivity index (χ1n) is 10.0. The Morgan fingerprint density at radius 3 is 2.74 bits per heavy atom. The molecular formula is C23H21Cl2FN2O3. The van der Waals surface area contributed by atoms with Crippen molar-refractivity contribution in [1.29, 1.82) is 0 Å². The summed E-state index contributed by atoms with van der Waals surface area (Å²) in [4.78, 5) is 17.7. The molecule has 5 nitrogen and oxygen atoms in total. The van der Waals surface area contributed by atoms with Gasteiger partial charge in [0.05, 0.1) is 41.2 Å². The van der Waals surface area contributed by atoms with E-state index in [0.29, 0.717) is 22.2 Å². The highest BCUT2D eigenvalue weighted by Crippen LogP contribution is 2.38. The van der Waals surface area contributed by atoms with Crippen LogP contribution < -0.4 is 4.90 Å². The number of nitrogens with zero attached hydrogens (tertiary/aromatic N) is 2. The number of benzene rings is 2. The minimum atomic E-state index is -0.880. The number of ether oxygens (including phenoxy) is 1. The predicted octanol–water partition coefficient (Wildman–Crippen LogP) is 5.81. The molecule has 0 amide bonds. The van der Waals surface area contributed by atoms with Crippen LogP contribution in [0.1, 0.15) is 19.3 Å². The van der Waals surface area contributed by atoms with Crippen molar-refractivity contribution in [3.63, 3.8) is 0 Å². The molecule has 1 aromatic heterocycles. The van der Waals surface area contributed by atoms with Crippen LogP contribution in [0, 0.1) is 5.82 Å². The Labute approximate surface area is 189 Å². The number of carboxylic acids is 1. The van der Waals surface area contributed by atoms with Crippen molar-refractivity contribution in [2.45, 2.75) is 25.3 Å². The standard InChI is InChI=1S/C23H21Cl2FN2O3/c24-19-8-7-17-18(14-3-5-15(26)6-4-14)12-20(27-23(17)22(19)25)28-10-1-2-16(28)13-31-11-9-21(29)30/h3-8,12,16H,1-2,9-11,13H2,(H,29,30)/t16-/m0/s1. The third-order valence-corrected chi connectivity index (χ3v) is 6.25. The zero-order valence-electron chi connectivity index (χ0n) is 16.7. The maximum atomic E-state index is 13.5. The minimum absolute atomic E-state index is 0.0240. The van der Waals surface area contributed by atoms with Crippen molar-refractivity contribution in [2.24, 2.45) is 0 Å². The number of carbonyl (C=O) groups is 1. The molecular weight excluding hydrogens is 442 g/mol. The van der Waals surface area contributed by atoms with Gasteiger partial charge in [0.25, 0.3) is 0 Å². The number of rotatable bonds is 7. The van der Waals surface area contributed by atoms with E-state index in [-0.39, 0.29) is 24.9 Å². The first-order chi connectivity index (χ1) is 14.9. The van der Waals surface area contributed by atoms with Gasteiger partial charge < -0.3 is 14.7 Å². The van der Waals surface area contributed by atoms with Gasteiger partial charge in [0.2, 0.25) is 0 Å². The first kappa shape index (κ1) is 21.8. The van der Waals surface area contributed by atoms with Crippen LogP contribution in [0.5, 0.6) is 0 Å². The fourth-order valence-corrected chi connectivity index (χ4v) is 4.28. The van der Waals surface area contributed by atoms with Gasteiger partial charge in [0.15, 0.2) is 0 Å². The Bertz CT molecular complexity index is 1110. The molecule has 4 rings (SSSR count). The minimum Gasteiger partial charge on any atom is -0.481 e. The molecule has 0 aliphatic carbocycles. The third kappa shape index (κ3) is 4.76. The second-order valence-electron chi connectivity index (χ2n) is 7.50. The molecule has 3 aromatic rings. The number of aromatic nitrogens is 1. The summed E-state index contributed by atoms with van der Waals surface area (Å²) in [7, 11) is 0. The van der Waals surface area contributed by atoms with Gasteiger partial charge in [-0.1, -0.05) is 41.4 Å². The fraction of sp³-hybridized carbons (Fsp3) is 0.304. The van der Waals surface area contributed by atoms with Crippen LogP contribution in [0.2, 0.25) is 10.0 Å². The molecule has 1 atom stereocenters. The average Bonchev–Trinajstić information content (AvgIpc) is 3.22. The van der Waals surface area contributed by atoms with E-state index in [1.807, 2.05) is 12.1 Å². The van der Waals surface area contributed by atoms with E-state index in [4.69, 9.17) is 38.0 Å². The number of anilines is 1. The van der Waals surface area contributed by atoms with Crippen molar-refractivity contribution >= 4 is 45.9 Å². The second kappa shape index (κ2) is 9.39. The van der Waals surface area contributed by atoms with Crippen molar-refractivity contribution in [2.75, 3.05) is 24.7 Å². The fourth-order valence-electron chi connectivity index (χ4n) is 3.93. The van der Waals surface area contributed by atoms with Gasteiger partial charge in [-0.2, -0.15) is 0 Å². The van der Waals surface area contributed by atoms with Crippen LogP contribution in [-0.2, 0) is 9.53 Å². The molecule has 0 saturated carbocycles. The lowest BCUT2D eigenvalue weighted by atomic mass is 10.0. The number of aliphatic carboxylic acids is 1. The highest BCUT2D eigenvalue weighted by Gasteiger charge is 2.27. The normalized spacial score (nSPS) is 16.2. The lowest BCUT2D eigenvalue weighted by molar-refractivity contribution is -0.138. The van der Waals surface area contributed by atoms with Gasteiger partial charge in [-0.05, 0) is 48.2 Å². The lowest BCUT2D eigenvalue weighted by Gasteiger charge is -2.27. The summed E-state index contributed by atoms with van der Waals surface area (Å²) in [6, 6.07) is 12.0. The summed E-state index contributed by atoms with van der Waals surface area (Å²) in [6.07, 6.45) is 1.87. The van der Waals surface area contributed by atoms with Crippen molar-refractivity contribution in [3.05, 3.63) is 58.3 Å². The van der Waals surface area contributed by atoms with E-state index in [1.54, 1.807) is 18.2 Å². The monoisotopic (exact) mass is 462 g/mol. The molecule has 0 unspecified atom stereocenters. The quantitative estimate of drug-likeness (QED) is 0.449. The number of hydrogen-bond donors (Lipinski definition) is 1. The zero-order valence-corrected chi connectivity index (χ0v) is 18.2. The molecule has 2 heterocycles. The first-order valence-corrected chi connectivity index (χ1v) is 10.8. The van der Waals surface area contributed by atoms with Gasteiger partial charge in [0.1, 0.15) is 11.6 Å². The number of pyridine rings is 1. The van der Waals surface area contributed by atoms with E-state index in [1.165, 1.54) is 12.1 Å². The summed E-state index contributed by atoms with van der Waals surface area (Å²) in [5.74, 6) is -0.447. The summed E-state index contributed by atoms with van der Waals surface area (Å²) in [6.45, 7) is 1.39. The molecule has 1 N–H and O–H groups in total. The number of hydrogen-bond acceptors (Lipinski definition) is 4. The Hall–Kier alpha value is -2.41. The molecule has 8 heteroatoms. The van der Waals surface area contributed by atoms with Crippen LogP contribution >= 0.6 is 23.2 Å². The number of halogens is 3. The van der Waals surface area contributed by atoms with Gasteiger partial charge in [-0.15, -0.1) is 0 Å². The van der Waals surface area contributed by atoms with Gasteiger partial charge in [0, 0.05) is 11.9 Å². The highest BCUT2D eigenvalue weighted by atomic mass is 35.5. The number of fused-ring (bicyclic) bond motifs is 1. The van der Waals surface area contributed by atoms with Crippen LogP contribution in [0.3, 0.4) is 0 Å². The molecule has 1 aliphatic rings. The smallest absolute Gasteiger partial charge is 0.305 e. The molecule has 0 bridgehead atoms. The van der Waals surface area contributed by atoms with Gasteiger partial charge >= 0.3 is 5.97 Å². The number of carboxylic acid groups (broad SMARTS) is 1. The summed E-state index contributed by atoms with van der Waals surface area (Å²) in [5, 5.41) is 10.4. The highest BCUT2D eigenvalue weighted by molar-refractivity contribution is 6.45. The van der Waals surface area contributed by atoms with Gasteiger partial charge in [-0.3, -0.25) is 4.79 Å². The Morgan fingerprint density at radius 1 is 1.23 bits per heavy atom. The Balaban J connectivity index is 1.72.